The van der Waals surface area contributed by atoms with Gasteiger partial charge in [0.2, 0.25) is 0 Å². The molecule has 1 unspecified atom stereocenters. The van der Waals surface area contributed by atoms with E-state index in [0.29, 0.717) is 23.6 Å². The first-order chi connectivity index (χ1) is 18.5. The fraction of sp³-hybridized carbons (Fsp3) is 0.483. The Morgan fingerprint density at radius 3 is 2.72 bits per heavy atom. The maximum Gasteiger partial charge on any atom is 0.338 e. The van der Waals surface area contributed by atoms with Gasteiger partial charge in [-0.3, -0.25) is 0 Å². The molecule has 3 aromatic rings. The van der Waals surface area contributed by atoms with Gasteiger partial charge in [-0.25, -0.2) is 18.7 Å². The number of cyclic esters (lactones) is 1. The topological polar surface area (TPSA) is 134 Å². The zero-order valence-electron chi connectivity index (χ0n) is 22.4. The van der Waals surface area contributed by atoms with Crippen LogP contribution in [0.4, 0.5) is 4.39 Å². The molecule has 1 aliphatic carbocycles. The highest BCUT2D eigenvalue weighted by Crippen LogP contribution is 2.46. The highest BCUT2D eigenvalue weighted by atomic mass is 19.1. The van der Waals surface area contributed by atoms with Crippen LogP contribution >= 0.6 is 0 Å². The molecule has 2 aromatic heterocycles. The number of carbonyl (C=O) groups is 1. The van der Waals surface area contributed by atoms with Gasteiger partial charge in [0.1, 0.15) is 11.4 Å². The summed E-state index contributed by atoms with van der Waals surface area (Å²) in [6.07, 6.45) is 7.84. The molecule has 1 atom stereocenters. The SMILES string of the molecule is Cc1cnc2nc(CC3=C(O)CC(CCc4ccc(C(C)(C)C#N)c(F)c4O)(C4CCCC4)OC3=O)nn2c1. The fourth-order valence-electron chi connectivity index (χ4n) is 5.83. The van der Waals surface area contributed by atoms with E-state index in [1.807, 2.05) is 6.92 Å². The lowest BCUT2D eigenvalue weighted by Crippen LogP contribution is -2.46. The third-order valence-electron chi connectivity index (χ3n) is 8.13. The third-order valence-corrected chi connectivity index (χ3v) is 8.13. The molecule has 0 saturated heterocycles. The van der Waals surface area contributed by atoms with Crippen molar-refractivity contribution in [2.75, 3.05) is 0 Å². The Balaban J connectivity index is 1.41. The summed E-state index contributed by atoms with van der Waals surface area (Å²) in [6.45, 7) is 5.07. The van der Waals surface area contributed by atoms with E-state index in [4.69, 9.17) is 4.74 Å². The first kappa shape index (κ1) is 26.6. The van der Waals surface area contributed by atoms with Gasteiger partial charge in [0.25, 0.3) is 5.78 Å². The number of ether oxygens (including phenoxy) is 1. The van der Waals surface area contributed by atoms with E-state index in [1.165, 1.54) is 10.6 Å². The number of aliphatic hydroxyl groups is 1. The molecular formula is C29H32FN5O4. The van der Waals surface area contributed by atoms with Crippen molar-refractivity contribution in [1.29, 1.82) is 5.26 Å². The molecule has 1 saturated carbocycles. The zero-order valence-corrected chi connectivity index (χ0v) is 22.4. The van der Waals surface area contributed by atoms with Crippen LogP contribution in [0.2, 0.25) is 0 Å². The second-order valence-electron chi connectivity index (χ2n) is 11.3. The molecule has 39 heavy (non-hydrogen) atoms. The molecule has 2 aliphatic rings. The van der Waals surface area contributed by atoms with Gasteiger partial charge in [-0.05, 0) is 63.5 Å². The highest BCUT2D eigenvalue weighted by Gasteiger charge is 2.48. The number of benzene rings is 1. The lowest BCUT2D eigenvalue weighted by molar-refractivity contribution is -0.167. The van der Waals surface area contributed by atoms with Crippen molar-refractivity contribution in [2.45, 2.75) is 83.2 Å². The van der Waals surface area contributed by atoms with Crippen LogP contribution in [0.5, 0.6) is 5.75 Å². The summed E-state index contributed by atoms with van der Waals surface area (Å²) in [4.78, 5) is 21.9. The lowest BCUT2D eigenvalue weighted by atomic mass is 9.76. The maximum atomic E-state index is 15.0. The first-order valence-corrected chi connectivity index (χ1v) is 13.3. The average Bonchev–Trinajstić information content (AvgIpc) is 3.57. The molecule has 0 radical (unpaired) electrons. The number of aromatic nitrogens is 4. The van der Waals surface area contributed by atoms with Gasteiger partial charge >= 0.3 is 5.97 Å². The Labute approximate surface area is 226 Å². The van der Waals surface area contributed by atoms with Crippen LogP contribution in [0.25, 0.3) is 5.78 Å². The van der Waals surface area contributed by atoms with E-state index in [9.17, 15) is 20.3 Å². The number of fused-ring (bicyclic) bond motifs is 1. The summed E-state index contributed by atoms with van der Waals surface area (Å²) in [5.41, 5.74) is -0.551. The molecule has 5 rings (SSSR count). The summed E-state index contributed by atoms with van der Waals surface area (Å²) in [5, 5.41) is 35.5. The van der Waals surface area contributed by atoms with E-state index in [2.05, 4.69) is 21.1 Å². The second kappa shape index (κ2) is 9.95. The predicted octanol–water partition coefficient (Wildman–Crippen LogP) is 4.94. The number of aliphatic hydroxyl groups excluding tert-OH is 1. The normalized spacial score (nSPS) is 20.4. The smallest absolute Gasteiger partial charge is 0.338 e. The zero-order chi connectivity index (χ0) is 27.9. The molecule has 0 bridgehead atoms. The molecule has 2 N–H and O–H groups in total. The average molecular weight is 534 g/mol. The van der Waals surface area contributed by atoms with Crippen molar-refractivity contribution in [3.8, 4) is 11.8 Å². The minimum atomic E-state index is -1.10. The number of phenolic OH excluding ortho intramolecular Hbond substituents is 1. The van der Waals surface area contributed by atoms with Gasteiger partial charge in [-0.1, -0.05) is 25.0 Å². The minimum Gasteiger partial charge on any atom is -0.512 e. The number of aromatic hydroxyl groups is 1. The first-order valence-electron chi connectivity index (χ1n) is 13.3. The molecule has 1 fully saturated rings. The molecule has 204 valence electrons. The van der Waals surface area contributed by atoms with E-state index < -0.39 is 28.6 Å². The van der Waals surface area contributed by atoms with Crippen molar-refractivity contribution in [3.05, 3.63) is 64.2 Å². The summed E-state index contributed by atoms with van der Waals surface area (Å²) in [7, 11) is 0. The van der Waals surface area contributed by atoms with E-state index >= 15 is 4.39 Å². The monoisotopic (exact) mass is 533 g/mol. The summed E-state index contributed by atoms with van der Waals surface area (Å²) < 4.78 is 22.7. The van der Waals surface area contributed by atoms with Crippen LogP contribution in [0.1, 0.15) is 74.9 Å². The van der Waals surface area contributed by atoms with Gasteiger partial charge in [0, 0.05) is 30.8 Å². The Bertz CT molecular complexity index is 1520. The molecule has 10 heteroatoms. The van der Waals surface area contributed by atoms with E-state index in [0.717, 1.165) is 31.2 Å². The summed E-state index contributed by atoms with van der Waals surface area (Å²) in [5.74, 6) is -1.20. The standard InChI is InChI=1S/C29H32FN5O4/c1-17-14-32-27-33-23(34-35(27)15-17)12-20-22(36)13-29(39-26(20)38,19-6-4-5-7-19)11-10-18-8-9-21(24(30)25(18)37)28(2,3)16-31/h8-9,14-15,19,36-37H,4-7,10-13H2,1-3H3. The number of phenols is 1. The van der Waals surface area contributed by atoms with Gasteiger partial charge in [0.05, 0.1) is 17.1 Å². The van der Waals surface area contributed by atoms with Crippen molar-refractivity contribution in [1.82, 2.24) is 19.6 Å². The van der Waals surface area contributed by atoms with Crippen LogP contribution < -0.4 is 0 Å². The predicted molar refractivity (Wildman–Crippen MR) is 139 cm³/mol. The van der Waals surface area contributed by atoms with Crippen LogP contribution in [0, 0.1) is 30.0 Å². The number of carbonyl (C=O) groups excluding carboxylic acids is 1. The fourth-order valence-corrected chi connectivity index (χ4v) is 5.83. The maximum absolute atomic E-state index is 15.0. The van der Waals surface area contributed by atoms with Gasteiger partial charge in [-0.15, -0.1) is 5.10 Å². The number of esters is 1. The molecular weight excluding hydrogens is 501 g/mol. The van der Waals surface area contributed by atoms with Gasteiger partial charge in [0.15, 0.2) is 17.4 Å². The van der Waals surface area contributed by atoms with Crippen LogP contribution in [0.15, 0.2) is 35.9 Å². The van der Waals surface area contributed by atoms with Crippen LogP contribution in [-0.4, -0.2) is 41.4 Å². The number of rotatable bonds is 7. The number of halogens is 1. The third kappa shape index (κ3) is 4.93. The van der Waals surface area contributed by atoms with Crippen LogP contribution in [-0.2, 0) is 27.8 Å². The van der Waals surface area contributed by atoms with Crippen molar-refractivity contribution < 1.29 is 24.1 Å². The molecule has 0 amide bonds. The molecule has 9 nitrogen and oxygen atoms in total. The molecule has 0 spiro atoms. The Morgan fingerprint density at radius 1 is 1.28 bits per heavy atom. The van der Waals surface area contributed by atoms with Gasteiger partial charge in [-0.2, -0.15) is 10.2 Å². The highest BCUT2D eigenvalue weighted by molar-refractivity contribution is 5.90. The van der Waals surface area contributed by atoms with E-state index in [1.54, 1.807) is 32.3 Å². The Hall–Kier alpha value is -4.00. The second-order valence-corrected chi connectivity index (χ2v) is 11.3. The molecule has 1 aliphatic heterocycles. The van der Waals surface area contributed by atoms with Gasteiger partial charge < -0.3 is 14.9 Å². The molecule has 1 aromatic carbocycles. The largest absolute Gasteiger partial charge is 0.512 e. The summed E-state index contributed by atoms with van der Waals surface area (Å²) >= 11 is 0. The number of nitriles is 1. The minimum absolute atomic E-state index is 0.00988. The van der Waals surface area contributed by atoms with E-state index in [-0.39, 0.29) is 42.1 Å². The Kier molecular flexibility index (Phi) is 6.79. The number of hydrogen-bond donors (Lipinski definition) is 2. The summed E-state index contributed by atoms with van der Waals surface area (Å²) in [6, 6.07) is 5.20. The van der Waals surface area contributed by atoms with Crippen molar-refractivity contribution >= 4 is 11.7 Å². The number of nitrogens with zero attached hydrogens (tertiary/aromatic N) is 5. The molecule has 3 heterocycles. The van der Waals surface area contributed by atoms with Crippen molar-refractivity contribution in [3.63, 3.8) is 0 Å². The quantitative estimate of drug-likeness (QED) is 0.408. The van der Waals surface area contributed by atoms with Crippen LogP contribution in [0.3, 0.4) is 0 Å². The number of aryl methyl sites for hydroxylation is 2. The number of hydrogen-bond acceptors (Lipinski definition) is 8. The van der Waals surface area contributed by atoms with Crippen molar-refractivity contribution in [2.24, 2.45) is 5.92 Å². The lowest BCUT2D eigenvalue weighted by Gasteiger charge is -2.41. The Morgan fingerprint density at radius 2 is 2.03 bits per heavy atom.